The Hall–Kier alpha value is -2.50. The van der Waals surface area contributed by atoms with Gasteiger partial charge in [-0.05, 0) is 13.0 Å². The summed E-state index contributed by atoms with van der Waals surface area (Å²) in [6, 6.07) is 3.31. The summed E-state index contributed by atoms with van der Waals surface area (Å²) in [4.78, 5) is 15.2. The molecule has 20 heavy (non-hydrogen) atoms. The van der Waals surface area contributed by atoms with Gasteiger partial charge in [-0.3, -0.25) is 4.79 Å². The summed E-state index contributed by atoms with van der Waals surface area (Å²) in [5.41, 5.74) is 1.39. The van der Waals surface area contributed by atoms with Gasteiger partial charge < -0.3 is 18.8 Å². The van der Waals surface area contributed by atoms with Gasteiger partial charge in [0.05, 0.1) is 23.8 Å². The maximum atomic E-state index is 11.1. The number of imidazole rings is 1. The van der Waals surface area contributed by atoms with Crippen molar-refractivity contribution in [3.63, 3.8) is 0 Å². The molecule has 104 valence electrons. The van der Waals surface area contributed by atoms with Crippen LogP contribution in [-0.2, 0) is 13.2 Å². The molecular formula is C14H14N2O4. The van der Waals surface area contributed by atoms with Crippen molar-refractivity contribution in [2.75, 3.05) is 6.79 Å². The summed E-state index contributed by atoms with van der Waals surface area (Å²) >= 11 is 0. The minimum Gasteiger partial charge on any atom is -0.486 e. The second-order valence-corrected chi connectivity index (χ2v) is 4.32. The number of aldehydes is 1. The molecular weight excluding hydrogens is 260 g/mol. The van der Waals surface area contributed by atoms with Crippen LogP contribution < -0.4 is 14.2 Å². The van der Waals surface area contributed by atoms with Crippen molar-refractivity contribution in [3.05, 3.63) is 35.9 Å². The zero-order chi connectivity index (χ0) is 13.9. The van der Waals surface area contributed by atoms with Crippen molar-refractivity contribution in [2.24, 2.45) is 0 Å². The predicted octanol–water partition coefficient (Wildman–Crippen LogP) is 2.02. The number of carbonyl (C=O) groups is 1. The van der Waals surface area contributed by atoms with Crippen molar-refractivity contribution in [3.8, 4) is 17.2 Å². The van der Waals surface area contributed by atoms with Crippen LogP contribution in [0.3, 0.4) is 0 Å². The van der Waals surface area contributed by atoms with E-state index in [0.717, 1.165) is 18.5 Å². The normalized spacial score (nSPS) is 12.4. The van der Waals surface area contributed by atoms with Crippen LogP contribution in [0.2, 0.25) is 0 Å². The minimum absolute atomic E-state index is 0.166. The Labute approximate surface area is 115 Å². The number of aryl methyl sites for hydroxylation is 1. The van der Waals surface area contributed by atoms with Crippen LogP contribution in [0.4, 0.5) is 0 Å². The topological polar surface area (TPSA) is 62.6 Å². The molecule has 1 aromatic carbocycles. The average molecular weight is 274 g/mol. The first kappa shape index (κ1) is 12.5. The molecule has 0 radical (unpaired) electrons. The lowest BCUT2D eigenvalue weighted by Gasteiger charge is -2.10. The van der Waals surface area contributed by atoms with E-state index in [1.807, 2.05) is 11.5 Å². The van der Waals surface area contributed by atoms with Crippen LogP contribution in [0, 0.1) is 0 Å². The fourth-order valence-corrected chi connectivity index (χ4v) is 2.06. The zero-order valence-electron chi connectivity index (χ0n) is 11.0. The number of benzene rings is 1. The van der Waals surface area contributed by atoms with Crippen LogP contribution in [0.5, 0.6) is 17.2 Å². The van der Waals surface area contributed by atoms with Gasteiger partial charge in [0.1, 0.15) is 12.4 Å². The molecule has 0 bridgehead atoms. The maximum Gasteiger partial charge on any atom is 0.231 e. The van der Waals surface area contributed by atoms with E-state index in [1.165, 1.54) is 0 Å². The summed E-state index contributed by atoms with van der Waals surface area (Å²) in [5, 5.41) is 0. The van der Waals surface area contributed by atoms with Crippen molar-refractivity contribution in [1.29, 1.82) is 0 Å². The average Bonchev–Trinajstić information content (AvgIpc) is 3.11. The molecule has 2 aromatic rings. The smallest absolute Gasteiger partial charge is 0.231 e. The first-order valence-electron chi connectivity index (χ1n) is 6.32. The van der Waals surface area contributed by atoms with E-state index in [-0.39, 0.29) is 6.79 Å². The van der Waals surface area contributed by atoms with Gasteiger partial charge in [0.15, 0.2) is 17.8 Å². The maximum absolute atomic E-state index is 11.1. The van der Waals surface area contributed by atoms with Crippen molar-refractivity contribution < 1.29 is 19.0 Å². The van der Waals surface area contributed by atoms with Crippen molar-refractivity contribution in [2.45, 2.75) is 20.1 Å². The SMILES string of the molecule is CCn1cncc1COc1cc2c(cc1C=O)OCO2. The molecule has 0 fully saturated rings. The number of hydrogen-bond acceptors (Lipinski definition) is 5. The molecule has 0 saturated carbocycles. The second kappa shape index (κ2) is 5.24. The third-order valence-corrected chi connectivity index (χ3v) is 3.15. The monoisotopic (exact) mass is 274 g/mol. The lowest BCUT2D eigenvalue weighted by Crippen LogP contribution is -2.04. The number of ether oxygens (including phenoxy) is 3. The van der Waals surface area contributed by atoms with Gasteiger partial charge in [-0.25, -0.2) is 4.98 Å². The van der Waals surface area contributed by atoms with Crippen LogP contribution >= 0.6 is 0 Å². The predicted molar refractivity (Wildman–Crippen MR) is 70.2 cm³/mol. The third kappa shape index (κ3) is 2.20. The van der Waals surface area contributed by atoms with E-state index in [4.69, 9.17) is 14.2 Å². The number of fused-ring (bicyclic) bond motifs is 1. The lowest BCUT2D eigenvalue weighted by molar-refractivity contribution is 0.111. The van der Waals surface area contributed by atoms with Gasteiger partial charge >= 0.3 is 0 Å². The molecule has 0 spiro atoms. The van der Waals surface area contributed by atoms with Crippen LogP contribution in [0.25, 0.3) is 0 Å². The molecule has 0 atom stereocenters. The fourth-order valence-electron chi connectivity index (χ4n) is 2.06. The van der Waals surface area contributed by atoms with Crippen molar-refractivity contribution in [1.82, 2.24) is 9.55 Å². The van der Waals surface area contributed by atoms with Gasteiger partial charge in [-0.1, -0.05) is 0 Å². The van der Waals surface area contributed by atoms with E-state index >= 15 is 0 Å². The van der Waals surface area contributed by atoms with Crippen LogP contribution in [-0.4, -0.2) is 22.6 Å². The summed E-state index contributed by atoms with van der Waals surface area (Å²) < 4.78 is 18.2. The number of hydrogen-bond donors (Lipinski definition) is 0. The van der Waals surface area contributed by atoms with E-state index in [9.17, 15) is 4.79 Å². The highest BCUT2D eigenvalue weighted by Gasteiger charge is 2.18. The van der Waals surface area contributed by atoms with Crippen LogP contribution in [0.1, 0.15) is 23.0 Å². The standard InChI is InChI=1S/C14H14N2O4/c1-2-16-8-15-5-11(16)7-18-12-4-14-13(19-9-20-14)3-10(12)6-17/h3-6,8H,2,7,9H2,1H3. The van der Waals surface area contributed by atoms with Gasteiger partial charge in [0.25, 0.3) is 0 Å². The number of aromatic nitrogens is 2. The van der Waals surface area contributed by atoms with Crippen LogP contribution in [0.15, 0.2) is 24.7 Å². The van der Waals surface area contributed by atoms with Gasteiger partial charge in [0.2, 0.25) is 6.79 Å². The molecule has 3 rings (SSSR count). The minimum atomic E-state index is 0.166. The Morgan fingerprint density at radius 1 is 1.40 bits per heavy atom. The van der Waals surface area contributed by atoms with E-state index < -0.39 is 0 Å². The van der Waals surface area contributed by atoms with E-state index in [1.54, 1.807) is 24.7 Å². The number of rotatable bonds is 5. The lowest BCUT2D eigenvalue weighted by atomic mass is 10.2. The highest BCUT2D eigenvalue weighted by Crippen LogP contribution is 2.37. The fraction of sp³-hybridized carbons (Fsp3) is 0.286. The molecule has 0 aliphatic carbocycles. The molecule has 1 aliphatic rings. The molecule has 0 unspecified atom stereocenters. The first-order chi connectivity index (χ1) is 9.81. The largest absolute Gasteiger partial charge is 0.486 e. The molecule has 1 aliphatic heterocycles. The summed E-state index contributed by atoms with van der Waals surface area (Å²) in [6.07, 6.45) is 4.24. The van der Waals surface area contributed by atoms with E-state index in [2.05, 4.69) is 4.98 Å². The first-order valence-corrected chi connectivity index (χ1v) is 6.32. The molecule has 2 heterocycles. The molecule has 6 heteroatoms. The molecule has 6 nitrogen and oxygen atoms in total. The highest BCUT2D eigenvalue weighted by atomic mass is 16.7. The summed E-state index contributed by atoms with van der Waals surface area (Å²) in [7, 11) is 0. The Bertz CT molecular complexity index is 636. The van der Waals surface area contributed by atoms with Gasteiger partial charge in [-0.2, -0.15) is 0 Å². The molecule has 0 amide bonds. The van der Waals surface area contributed by atoms with Crippen molar-refractivity contribution >= 4 is 6.29 Å². The van der Waals surface area contributed by atoms with E-state index in [0.29, 0.717) is 29.4 Å². The summed E-state index contributed by atoms with van der Waals surface area (Å²) in [6.45, 7) is 3.36. The number of nitrogens with zero attached hydrogens (tertiary/aromatic N) is 2. The number of carbonyl (C=O) groups excluding carboxylic acids is 1. The highest BCUT2D eigenvalue weighted by molar-refractivity contribution is 5.81. The Balaban J connectivity index is 1.82. The quantitative estimate of drug-likeness (QED) is 0.781. The Kier molecular flexibility index (Phi) is 3.28. The molecule has 1 aromatic heterocycles. The molecule has 0 N–H and O–H groups in total. The van der Waals surface area contributed by atoms with Gasteiger partial charge in [-0.15, -0.1) is 0 Å². The summed E-state index contributed by atoms with van der Waals surface area (Å²) in [5.74, 6) is 1.64. The van der Waals surface area contributed by atoms with Gasteiger partial charge in [0, 0.05) is 12.6 Å². The Morgan fingerprint density at radius 2 is 2.20 bits per heavy atom. The third-order valence-electron chi connectivity index (χ3n) is 3.15. The molecule has 0 saturated heterocycles. The Morgan fingerprint density at radius 3 is 2.95 bits per heavy atom. The zero-order valence-corrected chi connectivity index (χ0v) is 11.0. The second-order valence-electron chi connectivity index (χ2n) is 4.32.